The minimum atomic E-state index is -0.523. The third-order valence-electron chi connectivity index (χ3n) is 3.04. The lowest BCUT2D eigenvalue weighted by molar-refractivity contribution is -0.769. The topological polar surface area (TPSA) is 53.8 Å². The van der Waals surface area contributed by atoms with Gasteiger partial charge in [-0.3, -0.25) is 5.21 Å². The van der Waals surface area contributed by atoms with Crippen LogP contribution in [0.5, 0.6) is 0 Å². The molecule has 0 amide bonds. The average Bonchev–Trinajstić information content (AvgIpc) is 2.46. The van der Waals surface area contributed by atoms with Crippen molar-refractivity contribution in [1.29, 1.82) is 0 Å². The van der Waals surface area contributed by atoms with Crippen molar-refractivity contribution in [3.8, 4) is 0 Å². The second kappa shape index (κ2) is 7.87. The maximum absolute atomic E-state index is 11.4. The third-order valence-corrected chi connectivity index (χ3v) is 3.04. The van der Waals surface area contributed by atoms with Crippen LogP contribution in [0.25, 0.3) is 0 Å². The van der Waals surface area contributed by atoms with Gasteiger partial charge in [-0.15, -0.1) is 0 Å². The van der Waals surface area contributed by atoms with E-state index < -0.39 is 6.29 Å². The lowest BCUT2D eigenvalue weighted by Gasteiger charge is -2.26. The summed E-state index contributed by atoms with van der Waals surface area (Å²) in [5.41, 5.74) is 1.08. The molecule has 5 nitrogen and oxygen atoms in total. The highest BCUT2D eigenvalue weighted by atomic mass is 16.9. The van der Waals surface area contributed by atoms with Crippen molar-refractivity contribution in [1.82, 2.24) is 0 Å². The Bertz CT molecular complexity index is 421. The predicted molar refractivity (Wildman–Crippen MR) is 75.1 cm³/mol. The van der Waals surface area contributed by atoms with Gasteiger partial charge in [0, 0.05) is 17.9 Å². The summed E-state index contributed by atoms with van der Waals surface area (Å²) in [6.45, 7) is 3.16. The second-order valence-corrected chi connectivity index (χ2v) is 4.76. The van der Waals surface area contributed by atoms with Gasteiger partial charge < -0.3 is 14.3 Å². The molecule has 0 aromatic heterocycles. The van der Waals surface area contributed by atoms with Gasteiger partial charge in [-0.05, 0) is 12.0 Å². The molecule has 1 aliphatic heterocycles. The maximum atomic E-state index is 11.4. The smallest absolute Gasteiger partial charge is 0.238 e. The first-order chi connectivity index (χ1) is 9.78. The van der Waals surface area contributed by atoms with Crippen molar-refractivity contribution in [3.63, 3.8) is 0 Å². The van der Waals surface area contributed by atoms with Gasteiger partial charge in [-0.1, -0.05) is 43.7 Å². The molecule has 0 saturated heterocycles. The van der Waals surface area contributed by atoms with Gasteiger partial charge in [-0.25, -0.2) is 0 Å². The van der Waals surface area contributed by atoms with E-state index in [4.69, 9.17) is 14.3 Å². The van der Waals surface area contributed by atoms with Crippen molar-refractivity contribution in [3.05, 3.63) is 41.1 Å². The molecular weight excluding hydrogens is 258 g/mol. The molecule has 0 saturated carbocycles. The van der Waals surface area contributed by atoms with Crippen LogP contribution in [0, 0.1) is 5.21 Å². The highest BCUT2D eigenvalue weighted by Crippen LogP contribution is 2.14. The Morgan fingerprint density at radius 1 is 1.30 bits per heavy atom. The van der Waals surface area contributed by atoms with Crippen LogP contribution in [0.15, 0.2) is 30.3 Å². The Labute approximate surface area is 119 Å². The standard InChI is InChI=1S/C15H21NO4/c1-2-3-9-18-15-10-14(11-16(17)20-15)19-12-13-7-5-4-6-8-13/h4-8,11,14-15H,2-3,9-10,12H2,1H3/t14-,15-/m1/s1. The molecule has 0 spiro atoms. The van der Waals surface area contributed by atoms with Gasteiger partial charge in [0.05, 0.1) is 6.61 Å². The maximum Gasteiger partial charge on any atom is 0.238 e. The van der Waals surface area contributed by atoms with Crippen LogP contribution >= 0.6 is 0 Å². The molecule has 0 bridgehead atoms. The zero-order chi connectivity index (χ0) is 14.2. The van der Waals surface area contributed by atoms with Crippen molar-refractivity contribution >= 4 is 6.21 Å². The molecule has 5 heteroatoms. The molecule has 1 aromatic carbocycles. The minimum absolute atomic E-state index is 0.284. The van der Waals surface area contributed by atoms with E-state index in [9.17, 15) is 5.21 Å². The Kier molecular flexibility index (Phi) is 5.83. The van der Waals surface area contributed by atoms with Gasteiger partial charge in [0.15, 0.2) is 6.29 Å². The molecule has 0 unspecified atom stereocenters. The molecule has 20 heavy (non-hydrogen) atoms. The highest BCUT2D eigenvalue weighted by Gasteiger charge is 2.25. The lowest BCUT2D eigenvalue weighted by atomic mass is 10.2. The summed E-state index contributed by atoms with van der Waals surface area (Å²) in [6.07, 6.45) is 3.13. The van der Waals surface area contributed by atoms with E-state index in [1.54, 1.807) is 0 Å². The molecule has 0 aliphatic carbocycles. The van der Waals surface area contributed by atoms with Crippen LogP contribution in [0.1, 0.15) is 31.7 Å². The molecule has 0 radical (unpaired) electrons. The van der Waals surface area contributed by atoms with Gasteiger partial charge in [0.1, 0.15) is 6.10 Å². The fraction of sp³-hybridized carbons (Fsp3) is 0.533. The van der Waals surface area contributed by atoms with Crippen LogP contribution in [0.3, 0.4) is 0 Å². The molecule has 1 heterocycles. The molecule has 110 valence electrons. The zero-order valence-corrected chi connectivity index (χ0v) is 11.7. The molecule has 0 fully saturated rings. The van der Waals surface area contributed by atoms with E-state index in [1.807, 2.05) is 30.3 Å². The lowest BCUT2D eigenvalue weighted by Crippen LogP contribution is -2.36. The summed E-state index contributed by atoms with van der Waals surface area (Å²) in [5, 5.41) is 11.4. The number of ether oxygens (including phenoxy) is 2. The second-order valence-electron chi connectivity index (χ2n) is 4.76. The molecular formula is C15H21NO4. The number of rotatable bonds is 7. The number of hydrogen-bond acceptors (Lipinski definition) is 4. The highest BCUT2D eigenvalue weighted by molar-refractivity contribution is 5.57. The summed E-state index contributed by atoms with van der Waals surface area (Å²) in [5.74, 6) is 0. The van der Waals surface area contributed by atoms with Crippen molar-refractivity contribution in [2.45, 2.75) is 45.2 Å². The molecule has 2 rings (SSSR count). The monoisotopic (exact) mass is 279 g/mol. The van der Waals surface area contributed by atoms with E-state index in [0.717, 1.165) is 18.4 Å². The average molecular weight is 279 g/mol. The van der Waals surface area contributed by atoms with E-state index in [0.29, 0.717) is 24.5 Å². The van der Waals surface area contributed by atoms with E-state index in [2.05, 4.69) is 6.92 Å². The largest absolute Gasteiger partial charge is 0.372 e. The number of hydrogen-bond donors (Lipinski definition) is 0. The summed E-state index contributed by atoms with van der Waals surface area (Å²) in [4.78, 5) is 5.48. The third kappa shape index (κ3) is 4.83. The molecule has 1 aromatic rings. The minimum Gasteiger partial charge on any atom is -0.372 e. The number of nitrogens with zero attached hydrogens (tertiary/aromatic N) is 1. The normalized spacial score (nSPS) is 22.1. The molecule has 1 aliphatic rings. The van der Waals surface area contributed by atoms with Crippen LogP contribution in [-0.4, -0.2) is 30.1 Å². The zero-order valence-electron chi connectivity index (χ0n) is 11.7. The van der Waals surface area contributed by atoms with E-state index >= 15 is 0 Å². The Hall–Kier alpha value is -1.59. The number of benzene rings is 1. The predicted octanol–water partition coefficient (Wildman–Crippen LogP) is 2.63. The van der Waals surface area contributed by atoms with Gasteiger partial charge in [0.25, 0.3) is 0 Å². The first kappa shape index (κ1) is 14.8. The summed E-state index contributed by atoms with van der Waals surface area (Å²) < 4.78 is 11.2. The number of unbranched alkanes of at least 4 members (excludes halogenated alkanes) is 1. The van der Waals surface area contributed by atoms with E-state index in [-0.39, 0.29) is 6.10 Å². The molecule has 2 atom stereocenters. The summed E-state index contributed by atoms with van der Waals surface area (Å²) in [7, 11) is 0. The quantitative estimate of drug-likeness (QED) is 0.568. The fourth-order valence-corrected chi connectivity index (χ4v) is 1.93. The van der Waals surface area contributed by atoms with E-state index in [1.165, 1.54) is 6.21 Å². The van der Waals surface area contributed by atoms with Gasteiger partial charge in [-0.2, -0.15) is 0 Å². The first-order valence-corrected chi connectivity index (χ1v) is 7.03. The Balaban J connectivity index is 1.80. The van der Waals surface area contributed by atoms with Crippen molar-refractivity contribution < 1.29 is 19.2 Å². The van der Waals surface area contributed by atoms with Crippen molar-refractivity contribution in [2.24, 2.45) is 0 Å². The Morgan fingerprint density at radius 2 is 2.10 bits per heavy atom. The summed E-state index contributed by atoms with van der Waals surface area (Å²) >= 11 is 0. The first-order valence-electron chi connectivity index (χ1n) is 7.03. The SMILES string of the molecule is CCCCO[C@H]1C[C@@H](OCc2ccccc2)C=[N+]([O-])O1. The van der Waals surface area contributed by atoms with Crippen LogP contribution in [0.4, 0.5) is 0 Å². The van der Waals surface area contributed by atoms with Gasteiger partial charge in [0.2, 0.25) is 6.21 Å². The van der Waals surface area contributed by atoms with Crippen molar-refractivity contribution in [2.75, 3.05) is 6.61 Å². The van der Waals surface area contributed by atoms with Crippen LogP contribution in [-0.2, 0) is 20.9 Å². The van der Waals surface area contributed by atoms with Crippen LogP contribution in [0.2, 0.25) is 0 Å². The Morgan fingerprint density at radius 3 is 2.85 bits per heavy atom. The fourth-order valence-electron chi connectivity index (χ4n) is 1.93. The summed E-state index contributed by atoms with van der Waals surface area (Å²) in [6, 6.07) is 9.86. The molecule has 0 N–H and O–H groups in total. The van der Waals surface area contributed by atoms with Crippen LogP contribution < -0.4 is 0 Å². The van der Waals surface area contributed by atoms with Gasteiger partial charge >= 0.3 is 0 Å².